The first-order valence-corrected chi connectivity index (χ1v) is 6.32. The van der Waals surface area contributed by atoms with E-state index in [9.17, 15) is 0 Å². The minimum Gasteiger partial charge on any atom is -0.341 e. The topological polar surface area (TPSA) is 49.1 Å². The maximum atomic E-state index is 6.20. The maximum Gasteiger partial charge on any atom is 0.107 e. The van der Waals surface area contributed by atoms with Gasteiger partial charge in [-0.05, 0) is 25.5 Å². The molecule has 0 fully saturated rings. The van der Waals surface area contributed by atoms with Crippen molar-refractivity contribution in [1.29, 1.82) is 0 Å². The molecule has 5 heteroatoms. The summed E-state index contributed by atoms with van der Waals surface area (Å²) in [7, 11) is 3.46. The van der Waals surface area contributed by atoms with Crippen molar-refractivity contribution >= 4 is 28.9 Å². The normalized spacial score (nSPS) is 21.1. The third kappa shape index (κ3) is 3.53. The molecule has 0 aromatic carbocycles. The first-order chi connectivity index (χ1) is 8.63. The number of allylic oxidation sites excluding steroid dienone is 4. The van der Waals surface area contributed by atoms with Crippen LogP contribution < -0.4 is 5.32 Å². The summed E-state index contributed by atoms with van der Waals surface area (Å²) in [5.74, 6) is 0.830. The van der Waals surface area contributed by atoms with Gasteiger partial charge in [-0.2, -0.15) is 0 Å². The Morgan fingerprint density at radius 2 is 2.00 bits per heavy atom. The van der Waals surface area contributed by atoms with Crippen LogP contribution in [0.25, 0.3) is 0 Å². The zero-order valence-corrected chi connectivity index (χ0v) is 12.0. The van der Waals surface area contributed by atoms with Gasteiger partial charge in [0.05, 0.1) is 22.3 Å². The molecule has 1 rings (SSSR count). The zero-order valence-electron chi connectivity index (χ0n) is 11.3. The first-order valence-electron chi connectivity index (χ1n) is 5.94. The van der Waals surface area contributed by atoms with Gasteiger partial charge in [0.15, 0.2) is 0 Å². The molecule has 1 aliphatic rings. The van der Waals surface area contributed by atoms with Crippen molar-refractivity contribution in [3.63, 3.8) is 0 Å². The van der Waals surface area contributed by atoms with Crippen molar-refractivity contribution < 1.29 is 0 Å². The van der Waals surface area contributed by atoms with Crippen LogP contribution >= 0.6 is 11.6 Å². The predicted octanol–water partition coefficient (Wildman–Crippen LogP) is 2.57. The summed E-state index contributed by atoms with van der Waals surface area (Å²) < 4.78 is 0. The molecule has 1 N–H and O–H groups in total. The van der Waals surface area contributed by atoms with Crippen molar-refractivity contribution in [3.8, 4) is 0 Å². The lowest BCUT2D eigenvalue weighted by molar-refractivity contribution is 0.920. The minimum absolute atomic E-state index is 0.619. The molecule has 0 aromatic heterocycles. The second-order valence-electron chi connectivity index (χ2n) is 3.83. The number of hydrogen-bond donors (Lipinski definition) is 1. The molecule has 0 radical (unpaired) electrons. The van der Waals surface area contributed by atoms with Gasteiger partial charge in [0.25, 0.3) is 0 Å². The van der Waals surface area contributed by atoms with Crippen molar-refractivity contribution in [1.82, 2.24) is 5.32 Å². The molecule has 0 amide bonds. The lowest BCUT2D eigenvalue weighted by atomic mass is 10.1. The number of aliphatic imine (C=N–C) groups is 3. The highest BCUT2D eigenvalue weighted by atomic mass is 35.5. The molecular formula is C13H19ClN4. The zero-order chi connectivity index (χ0) is 13.5. The van der Waals surface area contributed by atoms with Crippen LogP contribution in [0.2, 0.25) is 0 Å². The molecule has 0 saturated carbocycles. The van der Waals surface area contributed by atoms with Crippen LogP contribution in [-0.4, -0.2) is 37.9 Å². The number of halogens is 1. The summed E-state index contributed by atoms with van der Waals surface area (Å²) in [6.45, 7) is 4.81. The lowest BCUT2D eigenvalue weighted by Crippen LogP contribution is -2.32. The fourth-order valence-electron chi connectivity index (χ4n) is 1.58. The monoisotopic (exact) mass is 266 g/mol. The van der Waals surface area contributed by atoms with E-state index in [1.807, 2.05) is 19.1 Å². The van der Waals surface area contributed by atoms with Gasteiger partial charge in [-0.3, -0.25) is 15.0 Å². The Hall–Kier alpha value is -1.42. The third-order valence-corrected chi connectivity index (χ3v) is 2.76. The lowest BCUT2D eigenvalue weighted by Gasteiger charge is -2.17. The maximum absolute atomic E-state index is 6.20. The molecule has 0 saturated heterocycles. The number of nitrogens with zero attached hydrogens (tertiary/aromatic N) is 3. The Morgan fingerprint density at radius 1 is 1.28 bits per heavy atom. The quantitative estimate of drug-likeness (QED) is 0.476. The summed E-state index contributed by atoms with van der Waals surface area (Å²) in [4.78, 5) is 12.8. The summed E-state index contributed by atoms with van der Waals surface area (Å²) in [6, 6.07) is 0. The van der Waals surface area contributed by atoms with E-state index in [0.29, 0.717) is 5.03 Å². The van der Waals surface area contributed by atoms with Gasteiger partial charge in [0.2, 0.25) is 0 Å². The van der Waals surface area contributed by atoms with E-state index in [-0.39, 0.29) is 0 Å². The molecular weight excluding hydrogens is 248 g/mol. The highest BCUT2D eigenvalue weighted by Crippen LogP contribution is 2.17. The van der Waals surface area contributed by atoms with Gasteiger partial charge in [-0.1, -0.05) is 18.5 Å². The molecule has 0 aromatic rings. The summed E-state index contributed by atoms with van der Waals surface area (Å²) in [6.07, 6.45) is 4.68. The Bertz CT molecular complexity index is 456. The highest BCUT2D eigenvalue weighted by molar-refractivity contribution is 6.55. The average molecular weight is 267 g/mol. The number of hydrogen-bond acceptors (Lipinski definition) is 3. The average Bonchev–Trinajstić information content (AvgIpc) is 2.38. The SMILES string of the molecule is CCCN=C(C)NC1=C(Cl)C=CC(=NC)C1=NC. The molecule has 0 bridgehead atoms. The number of rotatable bonds is 3. The minimum atomic E-state index is 0.619. The standard InChI is InChI=1S/C13H19ClN4/c1-5-8-17-9(2)18-12-10(14)6-7-11(15-3)13(12)16-4/h6-7H,5,8H2,1-4H3,(H,17,18). The van der Waals surface area contributed by atoms with E-state index in [1.165, 1.54) is 0 Å². The molecule has 0 heterocycles. The van der Waals surface area contributed by atoms with Crippen LogP contribution in [0, 0.1) is 0 Å². The fourth-order valence-corrected chi connectivity index (χ4v) is 1.78. The predicted molar refractivity (Wildman–Crippen MR) is 80.1 cm³/mol. The van der Waals surface area contributed by atoms with Crippen molar-refractivity contribution in [3.05, 3.63) is 22.9 Å². The van der Waals surface area contributed by atoms with E-state index >= 15 is 0 Å². The van der Waals surface area contributed by atoms with Gasteiger partial charge < -0.3 is 5.32 Å². The van der Waals surface area contributed by atoms with Crippen LogP contribution in [0.4, 0.5) is 0 Å². The van der Waals surface area contributed by atoms with Gasteiger partial charge in [0, 0.05) is 20.6 Å². The fraction of sp³-hybridized carbons (Fsp3) is 0.462. The van der Waals surface area contributed by atoms with Crippen molar-refractivity contribution in [2.24, 2.45) is 15.0 Å². The Kier molecular flexibility index (Phi) is 5.78. The van der Waals surface area contributed by atoms with Crippen molar-refractivity contribution in [2.45, 2.75) is 20.3 Å². The molecule has 98 valence electrons. The van der Waals surface area contributed by atoms with Gasteiger partial charge in [-0.15, -0.1) is 0 Å². The van der Waals surface area contributed by atoms with Crippen LogP contribution in [0.15, 0.2) is 37.9 Å². The molecule has 18 heavy (non-hydrogen) atoms. The summed E-state index contributed by atoms with van der Waals surface area (Å²) in [5.41, 5.74) is 2.34. The molecule has 4 nitrogen and oxygen atoms in total. The number of nitrogens with one attached hydrogen (secondary N) is 1. The third-order valence-electron chi connectivity index (χ3n) is 2.45. The second-order valence-corrected chi connectivity index (χ2v) is 4.24. The molecule has 1 aliphatic carbocycles. The van der Waals surface area contributed by atoms with E-state index < -0.39 is 0 Å². The van der Waals surface area contributed by atoms with Crippen LogP contribution in [0.3, 0.4) is 0 Å². The molecule has 0 atom stereocenters. The summed E-state index contributed by atoms with van der Waals surface area (Å²) >= 11 is 6.20. The van der Waals surface area contributed by atoms with E-state index in [2.05, 4.69) is 27.2 Å². The van der Waals surface area contributed by atoms with Gasteiger partial charge in [-0.25, -0.2) is 0 Å². The van der Waals surface area contributed by atoms with Crippen molar-refractivity contribution in [2.75, 3.05) is 20.6 Å². The smallest absolute Gasteiger partial charge is 0.107 e. The molecule has 0 unspecified atom stereocenters. The highest BCUT2D eigenvalue weighted by Gasteiger charge is 2.18. The van der Waals surface area contributed by atoms with Gasteiger partial charge >= 0.3 is 0 Å². The Labute approximate surface area is 113 Å². The van der Waals surface area contributed by atoms with E-state index in [4.69, 9.17) is 11.6 Å². The second kappa shape index (κ2) is 7.11. The van der Waals surface area contributed by atoms with E-state index in [0.717, 1.165) is 35.9 Å². The van der Waals surface area contributed by atoms with E-state index in [1.54, 1.807) is 14.1 Å². The molecule has 0 spiro atoms. The summed E-state index contributed by atoms with van der Waals surface area (Å²) in [5, 5.41) is 3.82. The van der Waals surface area contributed by atoms with Crippen LogP contribution in [0.5, 0.6) is 0 Å². The Balaban J connectivity index is 3.01. The van der Waals surface area contributed by atoms with Crippen LogP contribution in [0.1, 0.15) is 20.3 Å². The number of amidine groups is 1. The van der Waals surface area contributed by atoms with Crippen LogP contribution in [-0.2, 0) is 0 Å². The first kappa shape index (κ1) is 14.6. The van der Waals surface area contributed by atoms with Gasteiger partial charge in [0.1, 0.15) is 5.71 Å². The Morgan fingerprint density at radius 3 is 2.56 bits per heavy atom. The largest absolute Gasteiger partial charge is 0.341 e. The molecule has 0 aliphatic heterocycles.